The molecule has 0 spiro atoms. The van der Waals surface area contributed by atoms with Crippen LogP contribution < -0.4 is 10.1 Å². The third-order valence-corrected chi connectivity index (χ3v) is 5.38. The van der Waals surface area contributed by atoms with Crippen molar-refractivity contribution in [1.29, 1.82) is 0 Å². The summed E-state index contributed by atoms with van der Waals surface area (Å²) in [6, 6.07) is 8.00. The number of rotatable bonds is 8. The van der Waals surface area contributed by atoms with E-state index < -0.39 is 0 Å². The van der Waals surface area contributed by atoms with Crippen LogP contribution in [0.4, 0.5) is 0 Å². The molecule has 1 fully saturated rings. The quantitative estimate of drug-likeness (QED) is 0.793. The highest BCUT2D eigenvalue weighted by molar-refractivity contribution is 7.99. The first-order valence-corrected chi connectivity index (χ1v) is 9.48. The standard InChI is InChI=1S/C18H28N2O2S/c1-20-11-8-15(9-12-20)7-10-19-18(21)14-23-13-16-3-5-17(22-2)6-4-16/h3-6,15H,7-14H2,1-2H3,(H,19,21). The Bertz CT molecular complexity index is 470. The molecule has 1 aromatic carbocycles. The van der Waals surface area contributed by atoms with Crippen LogP contribution in [-0.2, 0) is 10.5 Å². The summed E-state index contributed by atoms with van der Waals surface area (Å²) in [5.41, 5.74) is 1.22. The second kappa shape index (κ2) is 9.83. The molecule has 0 bridgehead atoms. The van der Waals surface area contributed by atoms with Gasteiger partial charge in [0.05, 0.1) is 12.9 Å². The molecule has 0 aliphatic carbocycles. The Morgan fingerprint density at radius 1 is 1.30 bits per heavy atom. The number of likely N-dealkylation sites (tertiary alicyclic amines) is 1. The normalized spacial score (nSPS) is 16.3. The highest BCUT2D eigenvalue weighted by atomic mass is 32.2. The van der Waals surface area contributed by atoms with Gasteiger partial charge in [0.1, 0.15) is 5.75 Å². The lowest BCUT2D eigenvalue weighted by molar-refractivity contribution is -0.118. The van der Waals surface area contributed by atoms with Crippen LogP contribution in [0.5, 0.6) is 5.75 Å². The first kappa shape index (κ1) is 18.1. The Morgan fingerprint density at radius 2 is 2.00 bits per heavy atom. The van der Waals surface area contributed by atoms with Crippen molar-refractivity contribution in [2.75, 3.05) is 39.5 Å². The lowest BCUT2D eigenvalue weighted by atomic mass is 9.94. The molecule has 128 valence electrons. The fraction of sp³-hybridized carbons (Fsp3) is 0.611. The highest BCUT2D eigenvalue weighted by Crippen LogP contribution is 2.19. The van der Waals surface area contributed by atoms with E-state index in [-0.39, 0.29) is 5.91 Å². The van der Waals surface area contributed by atoms with Crippen molar-refractivity contribution in [3.05, 3.63) is 29.8 Å². The first-order valence-electron chi connectivity index (χ1n) is 8.33. The molecule has 5 heteroatoms. The average molecular weight is 337 g/mol. The third kappa shape index (κ3) is 6.83. The monoisotopic (exact) mass is 336 g/mol. The van der Waals surface area contributed by atoms with Crippen LogP contribution in [0.3, 0.4) is 0 Å². The molecule has 23 heavy (non-hydrogen) atoms. The largest absolute Gasteiger partial charge is 0.497 e. The lowest BCUT2D eigenvalue weighted by Crippen LogP contribution is -2.33. The molecule has 1 N–H and O–H groups in total. The van der Waals surface area contributed by atoms with Gasteiger partial charge >= 0.3 is 0 Å². The molecule has 0 radical (unpaired) electrons. The number of methoxy groups -OCH3 is 1. The molecule has 1 aromatic rings. The number of nitrogens with one attached hydrogen (secondary N) is 1. The summed E-state index contributed by atoms with van der Waals surface area (Å²) in [5, 5.41) is 3.05. The van der Waals surface area contributed by atoms with E-state index in [9.17, 15) is 4.79 Å². The lowest BCUT2D eigenvalue weighted by Gasteiger charge is -2.28. The Kier molecular flexibility index (Phi) is 7.76. The summed E-state index contributed by atoms with van der Waals surface area (Å²) >= 11 is 1.65. The summed E-state index contributed by atoms with van der Waals surface area (Å²) in [4.78, 5) is 14.2. The predicted molar refractivity (Wildman–Crippen MR) is 97.0 cm³/mol. The van der Waals surface area contributed by atoms with E-state index in [0.717, 1.165) is 30.4 Å². The molecule has 1 heterocycles. The summed E-state index contributed by atoms with van der Waals surface area (Å²) < 4.78 is 5.14. The molecular weight excluding hydrogens is 308 g/mol. The number of nitrogens with zero attached hydrogens (tertiary/aromatic N) is 1. The number of hydrogen-bond donors (Lipinski definition) is 1. The van der Waals surface area contributed by atoms with Gasteiger partial charge in [0.2, 0.25) is 5.91 Å². The van der Waals surface area contributed by atoms with Gasteiger partial charge in [-0.25, -0.2) is 0 Å². The fourth-order valence-corrected chi connectivity index (χ4v) is 3.62. The minimum atomic E-state index is 0.149. The van der Waals surface area contributed by atoms with E-state index in [1.54, 1.807) is 18.9 Å². The minimum absolute atomic E-state index is 0.149. The SMILES string of the molecule is COc1ccc(CSCC(=O)NCCC2CCN(C)CC2)cc1. The minimum Gasteiger partial charge on any atom is -0.497 e. The van der Waals surface area contributed by atoms with Crippen molar-refractivity contribution in [1.82, 2.24) is 10.2 Å². The second-order valence-electron chi connectivity index (χ2n) is 6.23. The van der Waals surface area contributed by atoms with E-state index in [4.69, 9.17) is 4.74 Å². The van der Waals surface area contributed by atoms with E-state index in [2.05, 4.69) is 17.3 Å². The van der Waals surface area contributed by atoms with Gasteiger partial charge in [-0.05, 0) is 63.0 Å². The van der Waals surface area contributed by atoms with Gasteiger partial charge in [0.25, 0.3) is 0 Å². The summed E-state index contributed by atoms with van der Waals surface area (Å²) in [5.74, 6) is 3.17. The number of thioether (sulfide) groups is 1. The summed E-state index contributed by atoms with van der Waals surface area (Å²) in [6.07, 6.45) is 3.64. The van der Waals surface area contributed by atoms with Crippen molar-refractivity contribution >= 4 is 17.7 Å². The maximum absolute atomic E-state index is 11.9. The van der Waals surface area contributed by atoms with Gasteiger partial charge < -0.3 is 15.0 Å². The van der Waals surface area contributed by atoms with Gasteiger partial charge in [-0.2, -0.15) is 0 Å². The third-order valence-electron chi connectivity index (χ3n) is 4.37. The average Bonchev–Trinajstić information content (AvgIpc) is 2.57. The first-order chi connectivity index (χ1) is 11.2. The van der Waals surface area contributed by atoms with Crippen LogP contribution in [0.2, 0.25) is 0 Å². The zero-order chi connectivity index (χ0) is 16.5. The van der Waals surface area contributed by atoms with E-state index in [1.807, 2.05) is 24.3 Å². The molecular formula is C18H28N2O2S. The number of carbonyl (C=O) groups is 1. The van der Waals surface area contributed by atoms with Crippen LogP contribution in [-0.4, -0.2) is 50.4 Å². The predicted octanol–water partition coefficient (Wildman–Crippen LogP) is 2.78. The molecule has 1 saturated heterocycles. The van der Waals surface area contributed by atoms with Crippen LogP contribution in [0.25, 0.3) is 0 Å². The molecule has 4 nitrogen and oxygen atoms in total. The van der Waals surface area contributed by atoms with Gasteiger partial charge in [-0.1, -0.05) is 12.1 Å². The number of hydrogen-bond acceptors (Lipinski definition) is 4. The number of carbonyl (C=O) groups excluding carboxylic acids is 1. The molecule has 0 atom stereocenters. The molecule has 1 aliphatic rings. The molecule has 0 aromatic heterocycles. The number of amides is 1. The molecule has 0 saturated carbocycles. The maximum atomic E-state index is 11.9. The van der Waals surface area contributed by atoms with Crippen molar-refractivity contribution in [2.24, 2.45) is 5.92 Å². The Morgan fingerprint density at radius 3 is 2.65 bits per heavy atom. The van der Waals surface area contributed by atoms with Crippen molar-refractivity contribution in [3.8, 4) is 5.75 Å². The Labute approximate surface area is 144 Å². The van der Waals surface area contributed by atoms with Gasteiger partial charge in [0, 0.05) is 12.3 Å². The van der Waals surface area contributed by atoms with E-state index >= 15 is 0 Å². The van der Waals surface area contributed by atoms with Gasteiger partial charge in [0.15, 0.2) is 0 Å². The van der Waals surface area contributed by atoms with Gasteiger partial charge in [-0.3, -0.25) is 4.79 Å². The zero-order valence-electron chi connectivity index (χ0n) is 14.2. The molecule has 1 aliphatic heterocycles. The second-order valence-corrected chi connectivity index (χ2v) is 7.21. The van der Waals surface area contributed by atoms with Gasteiger partial charge in [-0.15, -0.1) is 11.8 Å². The molecule has 2 rings (SSSR count). The van der Waals surface area contributed by atoms with E-state index in [0.29, 0.717) is 5.75 Å². The summed E-state index contributed by atoms with van der Waals surface area (Å²) in [7, 11) is 3.84. The van der Waals surface area contributed by atoms with Crippen molar-refractivity contribution in [2.45, 2.75) is 25.0 Å². The maximum Gasteiger partial charge on any atom is 0.230 e. The van der Waals surface area contributed by atoms with Crippen LogP contribution in [0, 0.1) is 5.92 Å². The topological polar surface area (TPSA) is 41.6 Å². The Balaban J connectivity index is 1.54. The Hall–Kier alpha value is -1.20. The molecule has 1 amide bonds. The summed E-state index contributed by atoms with van der Waals surface area (Å²) in [6.45, 7) is 3.20. The van der Waals surface area contributed by atoms with Crippen LogP contribution >= 0.6 is 11.8 Å². The van der Waals surface area contributed by atoms with Crippen molar-refractivity contribution in [3.63, 3.8) is 0 Å². The van der Waals surface area contributed by atoms with Crippen molar-refractivity contribution < 1.29 is 9.53 Å². The number of piperidine rings is 1. The van der Waals surface area contributed by atoms with Crippen LogP contribution in [0.15, 0.2) is 24.3 Å². The van der Waals surface area contributed by atoms with Crippen LogP contribution in [0.1, 0.15) is 24.8 Å². The zero-order valence-corrected chi connectivity index (χ0v) is 15.0. The fourth-order valence-electron chi connectivity index (χ4n) is 2.80. The van der Waals surface area contributed by atoms with E-state index in [1.165, 1.54) is 31.5 Å². The molecule has 0 unspecified atom stereocenters. The number of ether oxygens (including phenoxy) is 1. The highest BCUT2D eigenvalue weighted by Gasteiger charge is 2.16. The smallest absolute Gasteiger partial charge is 0.230 e. The number of benzene rings is 1.